The molecule has 4 heteroatoms. The molecule has 1 amide bonds. The number of aromatic nitrogens is 1. The Hall–Kier alpha value is -2.33. The number of carbonyl (C=O) groups is 1. The SMILES string of the molecule is C[C@H]1CCC(=O)N1C[C@@H](O)Cn1c2ccccc2c2ccccc21. The molecule has 0 saturated carbocycles. The van der Waals surface area contributed by atoms with Gasteiger partial charge in [-0.3, -0.25) is 4.79 Å². The second-order valence-electron chi connectivity index (χ2n) is 6.73. The highest BCUT2D eigenvalue weighted by Crippen LogP contribution is 2.29. The van der Waals surface area contributed by atoms with Gasteiger partial charge in [-0.15, -0.1) is 0 Å². The molecule has 0 radical (unpaired) electrons. The number of amides is 1. The lowest BCUT2D eigenvalue weighted by Gasteiger charge is -2.25. The lowest BCUT2D eigenvalue weighted by Crippen LogP contribution is -2.39. The van der Waals surface area contributed by atoms with Gasteiger partial charge in [-0.05, 0) is 25.5 Å². The molecule has 1 N–H and O–H groups in total. The zero-order valence-corrected chi connectivity index (χ0v) is 13.9. The maximum atomic E-state index is 12.0. The van der Waals surface area contributed by atoms with E-state index in [1.54, 1.807) is 0 Å². The number of para-hydroxylation sites is 2. The molecular formula is C20H22N2O2. The molecule has 1 aliphatic heterocycles. The molecule has 4 rings (SSSR count). The molecule has 1 aliphatic rings. The van der Waals surface area contributed by atoms with Crippen molar-refractivity contribution < 1.29 is 9.90 Å². The second kappa shape index (κ2) is 5.95. The van der Waals surface area contributed by atoms with Gasteiger partial charge in [0.25, 0.3) is 0 Å². The normalized spacial score (nSPS) is 19.5. The minimum Gasteiger partial charge on any atom is -0.389 e. The predicted molar refractivity (Wildman–Crippen MR) is 95.9 cm³/mol. The van der Waals surface area contributed by atoms with E-state index in [2.05, 4.69) is 35.8 Å². The van der Waals surface area contributed by atoms with Crippen LogP contribution in [0.5, 0.6) is 0 Å². The smallest absolute Gasteiger partial charge is 0.222 e. The molecule has 0 bridgehead atoms. The summed E-state index contributed by atoms with van der Waals surface area (Å²) in [7, 11) is 0. The highest BCUT2D eigenvalue weighted by atomic mass is 16.3. The fraction of sp³-hybridized carbons (Fsp3) is 0.350. The molecule has 0 aliphatic carbocycles. The van der Waals surface area contributed by atoms with Crippen LogP contribution in [0.25, 0.3) is 21.8 Å². The van der Waals surface area contributed by atoms with Gasteiger partial charge >= 0.3 is 0 Å². The van der Waals surface area contributed by atoms with Crippen molar-refractivity contribution in [1.29, 1.82) is 0 Å². The summed E-state index contributed by atoms with van der Waals surface area (Å²) in [5.74, 6) is 0.156. The van der Waals surface area contributed by atoms with Crippen molar-refractivity contribution in [3.8, 4) is 0 Å². The van der Waals surface area contributed by atoms with Crippen molar-refractivity contribution in [1.82, 2.24) is 9.47 Å². The number of β-amino-alcohol motifs (C(OH)–C–C–N with tert-alkyl or cyclic N) is 1. The summed E-state index contributed by atoms with van der Waals surface area (Å²) >= 11 is 0. The number of hydrogen-bond acceptors (Lipinski definition) is 2. The van der Waals surface area contributed by atoms with E-state index in [4.69, 9.17) is 0 Å². The second-order valence-corrected chi connectivity index (χ2v) is 6.73. The highest BCUT2D eigenvalue weighted by molar-refractivity contribution is 6.07. The molecule has 0 unspecified atom stereocenters. The lowest BCUT2D eigenvalue weighted by molar-refractivity contribution is -0.130. The molecule has 0 spiro atoms. The van der Waals surface area contributed by atoms with Crippen LogP contribution in [-0.2, 0) is 11.3 Å². The molecule has 1 aromatic heterocycles. The summed E-state index contributed by atoms with van der Waals surface area (Å²) in [6.07, 6.45) is 0.915. The van der Waals surface area contributed by atoms with E-state index in [-0.39, 0.29) is 11.9 Å². The predicted octanol–water partition coefficient (Wildman–Crippen LogP) is 3.17. The highest BCUT2D eigenvalue weighted by Gasteiger charge is 2.29. The van der Waals surface area contributed by atoms with Crippen LogP contribution in [0.15, 0.2) is 48.5 Å². The number of fused-ring (bicyclic) bond motifs is 3. The Balaban J connectivity index is 1.67. The van der Waals surface area contributed by atoms with E-state index in [0.717, 1.165) is 17.5 Å². The van der Waals surface area contributed by atoms with Crippen molar-refractivity contribution in [2.45, 2.75) is 38.5 Å². The minimum absolute atomic E-state index is 0.156. The average Bonchev–Trinajstić information content (AvgIpc) is 3.08. The fourth-order valence-electron chi connectivity index (χ4n) is 3.85. The van der Waals surface area contributed by atoms with E-state index in [1.165, 1.54) is 10.8 Å². The van der Waals surface area contributed by atoms with Gasteiger partial charge in [-0.25, -0.2) is 0 Å². The number of rotatable bonds is 4. The molecule has 1 fully saturated rings. The van der Waals surface area contributed by atoms with Gasteiger partial charge in [-0.1, -0.05) is 36.4 Å². The minimum atomic E-state index is -0.575. The van der Waals surface area contributed by atoms with Gasteiger partial charge in [0.05, 0.1) is 12.6 Å². The van der Waals surface area contributed by atoms with Crippen LogP contribution in [0, 0.1) is 0 Å². The number of carbonyl (C=O) groups excluding carboxylic acids is 1. The van der Waals surface area contributed by atoms with Crippen molar-refractivity contribution in [2.75, 3.05) is 6.54 Å². The molecule has 2 heterocycles. The third-order valence-electron chi connectivity index (χ3n) is 5.11. The fourth-order valence-corrected chi connectivity index (χ4v) is 3.85. The van der Waals surface area contributed by atoms with E-state index < -0.39 is 6.10 Å². The maximum Gasteiger partial charge on any atom is 0.222 e. The van der Waals surface area contributed by atoms with Crippen LogP contribution < -0.4 is 0 Å². The number of likely N-dealkylation sites (tertiary alicyclic amines) is 1. The molecule has 24 heavy (non-hydrogen) atoms. The summed E-state index contributed by atoms with van der Waals surface area (Å²) in [4.78, 5) is 13.8. The van der Waals surface area contributed by atoms with Crippen molar-refractivity contribution in [3.63, 3.8) is 0 Å². The van der Waals surface area contributed by atoms with Crippen LogP contribution in [0.1, 0.15) is 19.8 Å². The largest absolute Gasteiger partial charge is 0.389 e. The Bertz CT molecular complexity index is 846. The molecule has 124 valence electrons. The summed E-state index contributed by atoms with van der Waals surface area (Å²) in [6, 6.07) is 16.8. The number of benzene rings is 2. The van der Waals surface area contributed by atoms with Crippen LogP contribution >= 0.6 is 0 Å². The molecule has 1 saturated heterocycles. The molecule has 3 aromatic rings. The van der Waals surface area contributed by atoms with Gasteiger partial charge in [0.1, 0.15) is 0 Å². The number of aliphatic hydroxyl groups is 1. The van der Waals surface area contributed by atoms with E-state index in [1.807, 2.05) is 29.2 Å². The molecule has 4 nitrogen and oxygen atoms in total. The first kappa shape index (κ1) is 15.2. The quantitative estimate of drug-likeness (QED) is 0.802. The Morgan fingerprint density at radius 1 is 1.04 bits per heavy atom. The van der Waals surface area contributed by atoms with Crippen molar-refractivity contribution in [2.24, 2.45) is 0 Å². The number of aliphatic hydroxyl groups excluding tert-OH is 1. The van der Waals surface area contributed by atoms with E-state index in [0.29, 0.717) is 19.5 Å². The lowest BCUT2D eigenvalue weighted by atomic mass is 10.2. The van der Waals surface area contributed by atoms with Crippen LogP contribution in [0.3, 0.4) is 0 Å². The molecule has 2 aromatic carbocycles. The van der Waals surface area contributed by atoms with Gasteiger partial charge in [0, 0.05) is 40.8 Å². The molecule has 2 atom stereocenters. The third-order valence-corrected chi connectivity index (χ3v) is 5.11. The summed E-state index contributed by atoms with van der Waals surface area (Å²) in [5, 5.41) is 13.0. The van der Waals surface area contributed by atoms with Gasteiger partial charge in [0.15, 0.2) is 0 Å². The first-order valence-electron chi connectivity index (χ1n) is 8.58. The summed E-state index contributed by atoms with van der Waals surface area (Å²) < 4.78 is 2.17. The first-order valence-corrected chi connectivity index (χ1v) is 8.58. The molecular weight excluding hydrogens is 300 g/mol. The summed E-state index contributed by atoms with van der Waals surface area (Å²) in [5.41, 5.74) is 2.25. The van der Waals surface area contributed by atoms with Crippen molar-refractivity contribution in [3.05, 3.63) is 48.5 Å². The number of nitrogens with zero attached hydrogens (tertiary/aromatic N) is 2. The Labute approximate surface area is 141 Å². The first-order chi connectivity index (χ1) is 11.6. The van der Waals surface area contributed by atoms with Gasteiger partial charge < -0.3 is 14.6 Å². The monoisotopic (exact) mass is 322 g/mol. The third kappa shape index (κ3) is 2.47. The average molecular weight is 322 g/mol. The Morgan fingerprint density at radius 2 is 1.62 bits per heavy atom. The topological polar surface area (TPSA) is 45.5 Å². The van der Waals surface area contributed by atoms with Crippen LogP contribution in [0.4, 0.5) is 0 Å². The number of hydrogen-bond donors (Lipinski definition) is 1. The van der Waals surface area contributed by atoms with Crippen LogP contribution in [-0.4, -0.2) is 39.2 Å². The standard InChI is InChI=1S/C20H22N2O2/c1-14-10-11-20(24)21(14)12-15(23)13-22-18-8-4-2-6-16(18)17-7-3-5-9-19(17)22/h2-9,14-15,23H,10-13H2,1H3/t14-,15+/m0/s1. The Morgan fingerprint density at radius 3 is 2.17 bits per heavy atom. The zero-order valence-electron chi connectivity index (χ0n) is 13.9. The van der Waals surface area contributed by atoms with Crippen molar-refractivity contribution >= 4 is 27.7 Å². The van der Waals surface area contributed by atoms with E-state index in [9.17, 15) is 9.90 Å². The van der Waals surface area contributed by atoms with Gasteiger partial charge in [-0.2, -0.15) is 0 Å². The Kier molecular flexibility index (Phi) is 3.77. The zero-order chi connectivity index (χ0) is 16.7. The van der Waals surface area contributed by atoms with Gasteiger partial charge in [0.2, 0.25) is 5.91 Å². The maximum absolute atomic E-state index is 12.0. The summed E-state index contributed by atoms with van der Waals surface area (Å²) in [6.45, 7) is 2.95. The van der Waals surface area contributed by atoms with E-state index >= 15 is 0 Å². The van der Waals surface area contributed by atoms with Crippen LogP contribution in [0.2, 0.25) is 0 Å².